The topological polar surface area (TPSA) is 157 Å². The molecule has 1 aliphatic rings. The number of amides is 1. The summed E-state index contributed by atoms with van der Waals surface area (Å²) in [5, 5.41) is 6.25. The van der Waals surface area contributed by atoms with Crippen LogP contribution in [-0.4, -0.2) is 68.8 Å². The summed E-state index contributed by atoms with van der Waals surface area (Å²) in [6.07, 6.45) is 3.46. The predicted molar refractivity (Wildman–Crippen MR) is 281 cm³/mol. The first-order chi connectivity index (χ1) is 36.0. The van der Waals surface area contributed by atoms with Gasteiger partial charge in [-0.15, -0.1) is 6.42 Å². The Balaban J connectivity index is 1.20. The molecule has 14 nitrogen and oxygen atoms in total. The second-order valence-electron chi connectivity index (χ2n) is 19.5. The number of aromatic nitrogens is 4. The fourth-order valence-electron chi connectivity index (χ4n) is 9.47. The number of carbonyl (C=O) groups excluding carboxylic acids is 2. The number of alkyl carbamates (subject to hydrolysis) is 1. The minimum Gasteiger partial charge on any atom is -0.497 e. The SMILES string of the molecule is C#C[C@]1(OC(=O)C(C)(C)NC(=O)OC(C)(C)C)O[C@@H](n2cnc3c(NC(c4ccccc4)(c4ccccc4)c4ccc(OC)cc4)nc(F)nc32)C[C@@H]1OC(c1ccccc1)(c1ccccc1)c1ccc(OC)cc1. The van der Waals surface area contributed by atoms with Crippen molar-refractivity contribution >= 4 is 29.0 Å². The van der Waals surface area contributed by atoms with Crippen molar-refractivity contribution in [2.24, 2.45) is 0 Å². The molecule has 3 heterocycles. The fourth-order valence-corrected chi connectivity index (χ4v) is 9.47. The van der Waals surface area contributed by atoms with Crippen LogP contribution in [0.5, 0.6) is 11.5 Å². The molecule has 6 aromatic carbocycles. The van der Waals surface area contributed by atoms with Gasteiger partial charge in [-0.1, -0.05) is 146 Å². The number of ether oxygens (including phenoxy) is 6. The van der Waals surface area contributed by atoms with Crippen molar-refractivity contribution in [2.45, 2.75) is 81.4 Å². The Labute approximate surface area is 435 Å². The first-order valence-electron chi connectivity index (χ1n) is 24.3. The molecule has 75 heavy (non-hydrogen) atoms. The number of nitrogens with zero attached hydrogens (tertiary/aromatic N) is 4. The van der Waals surface area contributed by atoms with Gasteiger partial charge in [0.1, 0.15) is 46.1 Å². The molecule has 1 saturated heterocycles. The van der Waals surface area contributed by atoms with Crippen LogP contribution in [0.25, 0.3) is 11.2 Å². The van der Waals surface area contributed by atoms with Gasteiger partial charge in [-0.3, -0.25) is 4.57 Å². The number of esters is 1. The maximum Gasteiger partial charge on any atom is 0.408 e. The number of fused-ring (bicyclic) bond motifs is 1. The van der Waals surface area contributed by atoms with Gasteiger partial charge in [0.25, 0.3) is 0 Å². The Morgan fingerprint density at radius 1 is 0.693 bits per heavy atom. The Morgan fingerprint density at radius 2 is 1.16 bits per heavy atom. The molecular formula is C60H57FN6O8. The van der Waals surface area contributed by atoms with Crippen LogP contribution in [0, 0.1) is 18.4 Å². The van der Waals surface area contributed by atoms with Crippen molar-refractivity contribution in [1.82, 2.24) is 24.8 Å². The van der Waals surface area contributed by atoms with Gasteiger partial charge in [0.15, 0.2) is 17.0 Å². The van der Waals surface area contributed by atoms with E-state index in [2.05, 4.69) is 26.5 Å². The number of terminal acetylenes is 1. The number of hydrogen-bond acceptors (Lipinski definition) is 12. The molecule has 2 N–H and O–H groups in total. The fraction of sp³-hybridized carbons (Fsp3) is 0.250. The molecule has 2 aromatic heterocycles. The maximum atomic E-state index is 16.4. The summed E-state index contributed by atoms with van der Waals surface area (Å²) in [7, 11) is 3.18. The molecule has 0 saturated carbocycles. The molecule has 15 heteroatoms. The standard InChI is InChI=1S/C60H57FN6O8/c1-9-58(74-53(68)57(5,6)66-55(69)75-56(2,3)4)48(72-60(43-26-18-12-19-27-43,44-28-20-13-21-29-44)45-32-36-47(71-8)37-33-45)38-49(73-58)67-39-62-50-51(63-54(61)64-52(50)67)65-59(40-22-14-10-15-23-40,41-24-16-11-17-25-41)42-30-34-46(70-7)35-31-42/h1,10-37,39,48-49H,38H2,2-8H3,(H,66,69)(H,63,64,65)/t48-,49+,58+/m0/s1. The van der Waals surface area contributed by atoms with Crippen molar-refractivity contribution in [3.05, 3.63) is 216 Å². The molecule has 382 valence electrons. The zero-order chi connectivity index (χ0) is 53.0. The number of rotatable bonds is 16. The first kappa shape index (κ1) is 51.3. The van der Waals surface area contributed by atoms with Gasteiger partial charge in [-0.05, 0) is 98.2 Å². The summed E-state index contributed by atoms with van der Waals surface area (Å²) >= 11 is 0. The van der Waals surface area contributed by atoms with Crippen LogP contribution in [0.1, 0.15) is 80.6 Å². The maximum absolute atomic E-state index is 16.4. The number of halogens is 1. The van der Waals surface area contributed by atoms with E-state index in [0.717, 1.165) is 16.7 Å². The highest BCUT2D eigenvalue weighted by molar-refractivity contribution is 5.86. The third-order valence-electron chi connectivity index (χ3n) is 13.0. The minimum atomic E-state index is -2.33. The van der Waals surface area contributed by atoms with Crippen LogP contribution in [0.15, 0.2) is 176 Å². The van der Waals surface area contributed by atoms with Crippen LogP contribution in [0.4, 0.5) is 15.0 Å². The number of nitrogens with one attached hydrogen (secondary N) is 2. The van der Waals surface area contributed by atoms with Gasteiger partial charge in [0, 0.05) is 6.42 Å². The van der Waals surface area contributed by atoms with Crippen LogP contribution in [0.3, 0.4) is 0 Å². The first-order valence-corrected chi connectivity index (χ1v) is 24.3. The third-order valence-corrected chi connectivity index (χ3v) is 13.0. The number of hydrogen-bond donors (Lipinski definition) is 2. The number of carbonyl (C=O) groups is 2. The molecule has 3 atom stereocenters. The second-order valence-corrected chi connectivity index (χ2v) is 19.5. The summed E-state index contributed by atoms with van der Waals surface area (Å²) in [5.74, 6) is 0.665. The van der Waals surface area contributed by atoms with Gasteiger partial charge in [-0.2, -0.15) is 14.4 Å². The summed E-state index contributed by atoms with van der Waals surface area (Å²) in [5.41, 5.74) is -0.554. The molecule has 9 rings (SSSR count). The van der Waals surface area contributed by atoms with Gasteiger partial charge >= 0.3 is 23.9 Å². The van der Waals surface area contributed by atoms with Crippen LogP contribution in [0.2, 0.25) is 0 Å². The number of methoxy groups -OCH3 is 2. The molecule has 1 fully saturated rings. The molecule has 0 spiro atoms. The van der Waals surface area contributed by atoms with Crippen molar-refractivity contribution in [3.8, 4) is 23.8 Å². The van der Waals surface area contributed by atoms with E-state index >= 15 is 4.39 Å². The van der Waals surface area contributed by atoms with Crippen molar-refractivity contribution < 1.29 is 42.4 Å². The molecule has 0 bridgehead atoms. The smallest absolute Gasteiger partial charge is 0.408 e. The third kappa shape index (κ3) is 10.1. The lowest BCUT2D eigenvalue weighted by molar-refractivity contribution is -0.245. The molecular weight excluding hydrogens is 952 g/mol. The van der Waals surface area contributed by atoms with Crippen LogP contribution < -0.4 is 20.1 Å². The normalized spacial score (nSPS) is 16.9. The minimum absolute atomic E-state index is 0.0251. The average molecular weight is 1010 g/mol. The van der Waals surface area contributed by atoms with E-state index in [1.54, 1.807) is 35.0 Å². The largest absolute Gasteiger partial charge is 0.497 e. The summed E-state index contributed by atoms with van der Waals surface area (Å²) < 4.78 is 55.4. The summed E-state index contributed by atoms with van der Waals surface area (Å²) in [6.45, 7) is 8.01. The molecule has 0 unspecified atom stereocenters. The quantitative estimate of drug-likeness (QED) is 0.0409. The lowest BCUT2D eigenvalue weighted by atomic mass is 9.77. The van der Waals surface area contributed by atoms with E-state index in [1.165, 1.54) is 24.7 Å². The van der Waals surface area contributed by atoms with Gasteiger partial charge in [0.2, 0.25) is 0 Å². The average Bonchev–Trinajstić information content (AvgIpc) is 4.01. The second kappa shape index (κ2) is 20.7. The lowest BCUT2D eigenvalue weighted by Gasteiger charge is -2.41. The van der Waals surface area contributed by atoms with E-state index < -0.39 is 58.5 Å². The highest BCUT2D eigenvalue weighted by atomic mass is 19.1. The van der Waals surface area contributed by atoms with Crippen LogP contribution >= 0.6 is 0 Å². The molecule has 8 aromatic rings. The van der Waals surface area contributed by atoms with Crippen LogP contribution in [-0.2, 0) is 34.9 Å². The zero-order valence-corrected chi connectivity index (χ0v) is 42.6. The van der Waals surface area contributed by atoms with Crippen molar-refractivity contribution in [1.29, 1.82) is 0 Å². The molecule has 0 aliphatic carbocycles. The highest BCUT2D eigenvalue weighted by Crippen LogP contribution is 2.49. The summed E-state index contributed by atoms with van der Waals surface area (Å²) in [4.78, 5) is 41.3. The zero-order valence-electron chi connectivity index (χ0n) is 42.6. The monoisotopic (exact) mass is 1010 g/mol. The highest BCUT2D eigenvalue weighted by Gasteiger charge is 2.58. The van der Waals surface area contributed by atoms with E-state index in [1.807, 2.05) is 170 Å². The number of benzene rings is 6. The van der Waals surface area contributed by atoms with E-state index in [-0.39, 0.29) is 23.4 Å². The molecule has 1 amide bonds. The van der Waals surface area contributed by atoms with E-state index in [0.29, 0.717) is 28.2 Å². The lowest BCUT2D eigenvalue weighted by Crippen LogP contribution is -2.56. The Hall–Kier alpha value is -8.58. The predicted octanol–water partition coefficient (Wildman–Crippen LogP) is 10.9. The van der Waals surface area contributed by atoms with Gasteiger partial charge in [-0.25, -0.2) is 14.6 Å². The molecule has 1 aliphatic heterocycles. The van der Waals surface area contributed by atoms with E-state index in [9.17, 15) is 9.59 Å². The number of imidazole rings is 1. The Bertz CT molecular complexity index is 3230. The Morgan fingerprint density at radius 3 is 1.64 bits per heavy atom. The molecule has 0 radical (unpaired) electrons. The Kier molecular flexibility index (Phi) is 14.2. The summed E-state index contributed by atoms with van der Waals surface area (Å²) in [6, 6.07) is 53.5. The van der Waals surface area contributed by atoms with Gasteiger partial charge < -0.3 is 39.1 Å². The van der Waals surface area contributed by atoms with Crippen molar-refractivity contribution in [3.63, 3.8) is 0 Å². The van der Waals surface area contributed by atoms with Gasteiger partial charge in [0.05, 0.1) is 20.5 Å². The van der Waals surface area contributed by atoms with Crippen molar-refractivity contribution in [2.75, 3.05) is 19.5 Å². The number of anilines is 1. The van der Waals surface area contributed by atoms with E-state index in [4.69, 9.17) is 39.8 Å².